The number of aromatic nitrogens is 4. The van der Waals surface area contributed by atoms with Crippen molar-refractivity contribution in [1.29, 1.82) is 0 Å². The van der Waals surface area contributed by atoms with E-state index in [0.29, 0.717) is 24.9 Å². The van der Waals surface area contributed by atoms with E-state index in [9.17, 15) is 23.9 Å². The molecule has 3 heterocycles. The third kappa shape index (κ3) is 4.43. The molecule has 4 rings (SSSR count). The maximum atomic E-state index is 13.1. The van der Waals surface area contributed by atoms with Crippen molar-refractivity contribution in [3.63, 3.8) is 0 Å². The molecule has 0 saturated carbocycles. The third-order valence-corrected chi connectivity index (χ3v) is 5.48. The molecular formula is C22H21FN6O4. The molecular weight excluding hydrogens is 431 g/mol. The normalized spacial score (nSPS) is 15.5. The molecule has 0 bridgehead atoms. The minimum atomic E-state index is -0.800. The number of nitrogens with zero attached hydrogens (tertiary/aromatic N) is 5. The van der Waals surface area contributed by atoms with Gasteiger partial charge in [-0.1, -0.05) is 12.1 Å². The van der Waals surface area contributed by atoms with E-state index >= 15 is 0 Å². The first-order valence-corrected chi connectivity index (χ1v) is 10.3. The number of benzene rings is 1. The van der Waals surface area contributed by atoms with Gasteiger partial charge in [-0.05, 0) is 30.5 Å². The summed E-state index contributed by atoms with van der Waals surface area (Å²) in [6.45, 7) is 0.467. The maximum absolute atomic E-state index is 13.1. The van der Waals surface area contributed by atoms with Crippen LogP contribution in [-0.2, 0) is 13.6 Å². The van der Waals surface area contributed by atoms with E-state index in [1.165, 1.54) is 54.8 Å². The Balaban J connectivity index is 1.62. The molecule has 2 aromatic heterocycles. The summed E-state index contributed by atoms with van der Waals surface area (Å²) in [6, 6.07) is 4.95. The summed E-state index contributed by atoms with van der Waals surface area (Å²) in [4.78, 5) is 52.1. The van der Waals surface area contributed by atoms with Crippen LogP contribution in [0.25, 0.3) is 0 Å². The molecule has 1 atom stereocenters. The third-order valence-electron chi connectivity index (χ3n) is 5.48. The first-order valence-electron chi connectivity index (χ1n) is 10.3. The first kappa shape index (κ1) is 22.1. The summed E-state index contributed by atoms with van der Waals surface area (Å²) in [5.74, 6) is -2.14. The minimum Gasteiger partial charge on any atom is -0.501 e. The molecule has 33 heavy (non-hydrogen) atoms. The Morgan fingerprint density at radius 3 is 2.70 bits per heavy atom. The quantitative estimate of drug-likeness (QED) is 0.597. The standard InChI is InChI=1S/C22H21FN6O4/c1-28-19(16-3-2-10-29(16)21(32)15-12-24-8-9-25-15)27-17(18(30)22(28)33)20(31)26-11-13-4-6-14(23)7-5-13/h4-9,12,16,30H,2-3,10-11H2,1H3,(H,26,31). The topological polar surface area (TPSA) is 130 Å². The average Bonchev–Trinajstić information content (AvgIpc) is 3.32. The van der Waals surface area contributed by atoms with Gasteiger partial charge in [0.25, 0.3) is 17.4 Å². The van der Waals surface area contributed by atoms with Crippen molar-refractivity contribution in [2.45, 2.75) is 25.4 Å². The number of rotatable bonds is 5. The molecule has 11 heteroatoms. The van der Waals surface area contributed by atoms with Crippen molar-refractivity contribution in [3.05, 3.63) is 81.8 Å². The predicted octanol–water partition coefficient (Wildman–Crippen LogP) is 1.32. The van der Waals surface area contributed by atoms with Gasteiger partial charge in [-0.2, -0.15) is 0 Å². The summed E-state index contributed by atoms with van der Waals surface area (Å²) >= 11 is 0. The van der Waals surface area contributed by atoms with Crippen LogP contribution in [0.1, 0.15) is 51.2 Å². The highest BCUT2D eigenvalue weighted by molar-refractivity contribution is 5.95. The zero-order valence-electron chi connectivity index (χ0n) is 17.7. The molecule has 3 aromatic rings. The van der Waals surface area contributed by atoms with Crippen molar-refractivity contribution >= 4 is 11.8 Å². The summed E-state index contributed by atoms with van der Waals surface area (Å²) in [5, 5.41) is 12.9. The van der Waals surface area contributed by atoms with Gasteiger partial charge in [0, 0.05) is 32.5 Å². The zero-order chi connectivity index (χ0) is 23.5. The van der Waals surface area contributed by atoms with Crippen molar-refractivity contribution in [2.24, 2.45) is 7.05 Å². The molecule has 0 radical (unpaired) electrons. The molecule has 1 aliphatic rings. The number of likely N-dealkylation sites (tertiary alicyclic amines) is 1. The van der Waals surface area contributed by atoms with E-state index in [1.54, 1.807) is 0 Å². The molecule has 1 aromatic carbocycles. The second-order valence-electron chi connectivity index (χ2n) is 7.59. The van der Waals surface area contributed by atoms with Gasteiger partial charge in [-0.15, -0.1) is 0 Å². The molecule has 2 amide bonds. The van der Waals surface area contributed by atoms with Crippen LogP contribution >= 0.6 is 0 Å². The molecule has 0 spiro atoms. The molecule has 2 N–H and O–H groups in total. The van der Waals surface area contributed by atoms with Gasteiger partial charge in [-0.3, -0.25) is 23.9 Å². The molecule has 1 unspecified atom stereocenters. The Bertz CT molecular complexity index is 1250. The molecule has 10 nitrogen and oxygen atoms in total. The Labute approximate surface area is 187 Å². The highest BCUT2D eigenvalue weighted by Gasteiger charge is 2.35. The molecule has 1 fully saturated rings. The summed E-state index contributed by atoms with van der Waals surface area (Å²) in [6.07, 6.45) is 5.42. The van der Waals surface area contributed by atoms with Gasteiger partial charge in [-0.25, -0.2) is 14.4 Å². The number of amides is 2. The van der Waals surface area contributed by atoms with Crippen molar-refractivity contribution in [2.75, 3.05) is 6.54 Å². The fourth-order valence-electron chi connectivity index (χ4n) is 3.77. The van der Waals surface area contributed by atoms with Crippen LogP contribution in [0.4, 0.5) is 4.39 Å². The maximum Gasteiger partial charge on any atom is 0.296 e. The van der Waals surface area contributed by atoms with Crippen molar-refractivity contribution in [3.8, 4) is 5.75 Å². The number of hydrogen-bond donors (Lipinski definition) is 2. The lowest BCUT2D eigenvalue weighted by molar-refractivity contribution is 0.0720. The van der Waals surface area contributed by atoms with Crippen LogP contribution in [0.5, 0.6) is 5.75 Å². The number of aromatic hydroxyl groups is 1. The van der Waals surface area contributed by atoms with Crippen LogP contribution in [0, 0.1) is 5.82 Å². The number of carbonyl (C=O) groups excluding carboxylic acids is 2. The second kappa shape index (κ2) is 9.15. The monoisotopic (exact) mass is 452 g/mol. The fourth-order valence-corrected chi connectivity index (χ4v) is 3.77. The Kier molecular flexibility index (Phi) is 6.11. The highest BCUT2D eigenvalue weighted by atomic mass is 19.1. The van der Waals surface area contributed by atoms with E-state index in [4.69, 9.17) is 0 Å². The SMILES string of the molecule is Cn1c(C2CCCN2C(=O)c2cnccn2)nc(C(=O)NCc2ccc(F)cc2)c(O)c1=O. The summed E-state index contributed by atoms with van der Waals surface area (Å²) in [5.41, 5.74) is -0.449. The van der Waals surface area contributed by atoms with Gasteiger partial charge in [0.15, 0.2) is 5.69 Å². The van der Waals surface area contributed by atoms with Crippen molar-refractivity contribution in [1.82, 2.24) is 29.7 Å². The Morgan fingerprint density at radius 2 is 2.00 bits per heavy atom. The van der Waals surface area contributed by atoms with Crippen LogP contribution in [0.3, 0.4) is 0 Å². The molecule has 0 aliphatic carbocycles. The smallest absolute Gasteiger partial charge is 0.296 e. The number of halogens is 1. The van der Waals surface area contributed by atoms with E-state index in [2.05, 4.69) is 20.3 Å². The first-order chi connectivity index (χ1) is 15.9. The molecule has 1 saturated heterocycles. The van der Waals surface area contributed by atoms with Gasteiger partial charge in [0.05, 0.1) is 12.2 Å². The summed E-state index contributed by atoms with van der Waals surface area (Å²) in [7, 11) is 1.42. The van der Waals surface area contributed by atoms with Gasteiger partial charge < -0.3 is 15.3 Å². The second-order valence-corrected chi connectivity index (χ2v) is 7.59. The van der Waals surface area contributed by atoms with Gasteiger partial charge in [0.1, 0.15) is 17.3 Å². The van der Waals surface area contributed by atoms with Crippen molar-refractivity contribution < 1.29 is 19.1 Å². The number of nitrogens with one attached hydrogen (secondary N) is 1. The predicted molar refractivity (Wildman–Crippen MR) is 114 cm³/mol. The summed E-state index contributed by atoms with van der Waals surface area (Å²) < 4.78 is 14.2. The van der Waals surface area contributed by atoms with Gasteiger partial charge in [0.2, 0.25) is 5.75 Å². The lowest BCUT2D eigenvalue weighted by Gasteiger charge is -2.25. The Hall–Kier alpha value is -4.15. The Morgan fingerprint density at radius 1 is 1.24 bits per heavy atom. The van der Waals surface area contributed by atoms with Crippen LogP contribution in [-0.4, -0.2) is 47.9 Å². The lowest BCUT2D eigenvalue weighted by atomic mass is 10.1. The van der Waals surface area contributed by atoms with E-state index in [1.807, 2.05) is 0 Å². The molecule has 170 valence electrons. The van der Waals surface area contributed by atoms with E-state index < -0.39 is 34.8 Å². The van der Waals surface area contributed by atoms with Gasteiger partial charge >= 0.3 is 0 Å². The fraction of sp³-hybridized carbons (Fsp3) is 0.273. The zero-order valence-corrected chi connectivity index (χ0v) is 17.7. The average molecular weight is 452 g/mol. The number of carbonyl (C=O) groups is 2. The van der Waals surface area contributed by atoms with Crippen LogP contribution in [0.15, 0.2) is 47.7 Å². The van der Waals surface area contributed by atoms with E-state index in [-0.39, 0.29) is 24.0 Å². The van der Waals surface area contributed by atoms with Crippen LogP contribution in [0.2, 0.25) is 0 Å². The minimum absolute atomic E-state index is 0.0471. The molecule has 1 aliphatic heterocycles. The van der Waals surface area contributed by atoms with Crippen LogP contribution < -0.4 is 10.9 Å². The highest BCUT2D eigenvalue weighted by Crippen LogP contribution is 2.32. The largest absolute Gasteiger partial charge is 0.501 e. The number of hydrogen-bond acceptors (Lipinski definition) is 7. The van der Waals surface area contributed by atoms with E-state index in [0.717, 1.165) is 4.57 Å². The lowest BCUT2D eigenvalue weighted by Crippen LogP contribution is -2.36.